The number of benzene rings is 4. The summed E-state index contributed by atoms with van der Waals surface area (Å²) in [5, 5.41) is 5.04. The minimum absolute atomic E-state index is 0.944. The number of hydrogen-bond donors (Lipinski definition) is 0. The highest BCUT2D eigenvalue weighted by molar-refractivity contribution is 6.08. The van der Waals surface area contributed by atoms with E-state index >= 15 is 0 Å². The fourth-order valence-electron chi connectivity index (χ4n) is 3.97. The van der Waals surface area contributed by atoms with Crippen LogP contribution in [0.3, 0.4) is 0 Å². The summed E-state index contributed by atoms with van der Waals surface area (Å²) in [5.74, 6) is 0. The lowest BCUT2D eigenvalue weighted by molar-refractivity contribution is 1.17. The Morgan fingerprint density at radius 1 is 0.536 bits per heavy atom. The van der Waals surface area contributed by atoms with Crippen LogP contribution in [0.2, 0.25) is 0 Å². The molecule has 0 bridgehead atoms. The molecule has 0 unspecified atom stereocenters. The lowest BCUT2D eigenvalue weighted by Crippen LogP contribution is -1.91. The van der Waals surface area contributed by atoms with Gasteiger partial charge < -0.3 is 0 Å². The SMILES string of the molecule is Cc1cc(C)cc(-c2cc(-c3ccc4c(ccc5ccccc54)c3)ncn2)c1. The maximum absolute atomic E-state index is 4.54. The number of hydrogen-bond acceptors (Lipinski definition) is 2. The van der Waals surface area contributed by atoms with Gasteiger partial charge in [0.2, 0.25) is 0 Å². The topological polar surface area (TPSA) is 25.8 Å². The third-order valence-corrected chi connectivity index (χ3v) is 5.23. The highest BCUT2D eigenvalue weighted by Gasteiger charge is 2.07. The number of aromatic nitrogens is 2. The first-order valence-electron chi connectivity index (χ1n) is 9.50. The molecule has 0 aliphatic heterocycles. The van der Waals surface area contributed by atoms with Crippen molar-refractivity contribution >= 4 is 21.5 Å². The van der Waals surface area contributed by atoms with Crippen LogP contribution < -0.4 is 0 Å². The van der Waals surface area contributed by atoms with E-state index in [1.54, 1.807) is 6.33 Å². The minimum Gasteiger partial charge on any atom is -0.236 e. The van der Waals surface area contributed by atoms with Crippen LogP contribution in [0.25, 0.3) is 44.1 Å². The second-order valence-electron chi connectivity index (χ2n) is 7.39. The molecule has 5 rings (SSSR count). The highest BCUT2D eigenvalue weighted by atomic mass is 14.8. The van der Waals surface area contributed by atoms with E-state index in [9.17, 15) is 0 Å². The number of nitrogens with zero attached hydrogens (tertiary/aromatic N) is 2. The lowest BCUT2D eigenvalue weighted by atomic mass is 9.98. The van der Waals surface area contributed by atoms with Crippen LogP contribution in [0.1, 0.15) is 11.1 Å². The Bertz CT molecular complexity index is 1310. The number of fused-ring (bicyclic) bond motifs is 3. The molecule has 0 atom stereocenters. The monoisotopic (exact) mass is 360 g/mol. The van der Waals surface area contributed by atoms with Gasteiger partial charge in [-0.25, -0.2) is 9.97 Å². The van der Waals surface area contributed by atoms with Gasteiger partial charge in [0, 0.05) is 11.1 Å². The van der Waals surface area contributed by atoms with Gasteiger partial charge in [0.25, 0.3) is 0 Å². The summed E-state index contributed by atoms with van der Waals surface area (Å²) in [4.78, 5) is 9.05. The Labute approximate surface area is 164 Å². The van der Waals surface area contributed by atoms with Crippen molar-refractivity contribution < 1.29 is 0 Å². The van der Waals surface area contributed by atoms with Crippen molar-refractivity contribution in [2.24, 2.45) is 0 Å². The molecule has 2 heteroatoms. The van der Waals surface area contributed by atoms with E-state index in [1.165, 1.54) is 32.7 Å². The predicted molar refractivity (Wildman–Crippen MR) is 117 cm³/mol. The summed E-state index contributed by atoms with van der Waals surface area (Å²) in [7, 11) is 0. The van der Waals surface area contributed by atoms with Crippen molar-refractivity contribution in [2.45, 2.75) is 13.8 Å². The fourth-order valence-corrected chi connectivity index (χ4v) is 3.97. The molecule has 1 aromatic heterocycles. The molecule has 134 valence electrons. The molecule has 0 saturated heterocycles. The maximum Gasteiger partial charge on any atom is 0.116 e. The molecule has 1 heterocycles. The maximum atomic E-state index is 4.54. The van der Waals surface area contributed by atoms with Crippen molar-refractivity contribution in [3.63, 3.8) is 0 Å². The Balaban J connectivity index is 1.63. The first-order chi connectivity index (χ1) is 13.7. The molecule has 0 spiro atoms. The molecule has 0 radical (unpaired) electrons. The van der Waals surface area contributed by atoms with Crippen molar-refractivity contribution in [1.82, 2.24) is 9.97 Å². The van der Waals surface area contributed by atoms with Gasteiger partial charge in [-0.3, -0.25) is 0 Å². The average molecular weight is 360 g/mol. The van der Waals surface area contributed by atoms with Crippen molar-refractivity contribution in [3.05, 3.63) is 96.3 Å². The molecule has 0 aliphatic carbocycles. The standard InChI is InChI=1S/C26H20N2/c1-17-11-18(2)13-22(12-17)26-15-25(27-16-28-26)21-9-10-24-20(14-21)8-7-19-5-3-4-6-23(19)24/h3-16H,1-2H3. The molecule has 2 nitrogen and oxygen atoms in total. The van der Waals surface area contributed by atoms with Crippen LogP contribution in [0, 0.1) is 13.8 Å². The van der Waals surface area contributed by atoms with Gasteiger partial charge in [0.1, 0.15) is 6.33 Å². The summed E-state index contributed by atoms with van der Waals surface area (Å²) in [6, 6.07) is 28.1. The summed E-state index contributed by atoms with van der Waals surface area (Å²) < 4.78 is 0. The predicted octanol–water partition coefficient (Wildman–Crippen LogP) is 6.73. The van der Waals surface area contributed by atoms with Gasteiger partial charge in [-0.05, 0) is 59.7 Å². The van der Waals surface area contributed by atoms with E-state index < -0.39 is 0 Å². The normalized spacial score (nSPS) is 11.2. The van der Waals surface area contributed by atoms with E-state index in [2.05, 4.69) is 103 Å². The Kier molecular flexibility index (Phi) is 3.91. The van der Waals surface area contributed by atoms with Gasteiger partial charge in [0.15, 0.2) is 0 Å². The van der Waals surface area contributed by atoms with Gasteiger partial charge >= 0.3 is 0 Å². The van der Waals surface area contributed by atoms with E-state index in [0.29, 0.717) is 0 Å². The van der Waals surface area contributed by atoms with Gasteiger partial charge in [-0.15, -0.1) is 0 Å². The molecule has 0 aliphatic rings. The largest absolute Gasteiger partial charge is 0.236 e. The third-order valence-electron chi connectivity index (χ3n) is 5.23. The van der Waals surface area contributed by atoms with Crippen LogP contribution in [0.4, 0.5) is 0 Å². The Morgan fingerprint density at radius 2 is 1.21 bits per heavy atom. The quantitative estimate of drug-likeness (QED) is 0.326. The van der Waals surface area contributed by atoms with Crippen LogP contribution in [0.5, 0.6) is 0 Å². The highest BCUT2D eigenvalue weighted by Crippen LogP contribution is 2.30. The van der Waals surface area contributed by atoms with E-state index in [-0.39, 0.29) is 0 Å². The molecule has 0 N–H and O–H groups in total. The lowest BCUT2D eigenvalue weighted by Gasteiger charge is -2.09. The minimum atomic E-state index is 0.944. The van der Waals surface area contributed by atoms with Crippen LogP contribution in [-0.4, -0.2) is 9.97 Å². The zero-order chi connectivity index (χ0) is 19.1. The molecule has 4 aromatic carbocycles. The molecule has 0 fully saturated rings. The average Bonchev–Trinajstić information content (AvgIpc) is 2.72. The Morgan fingerprint density at radius 3 is 2.04 bits per heavy atom. The summed E-state index contributed by atoms with van der Waals surface area (Å²) in [6.45, 7) is 4.23. The van der Waals surface area contributed by atoms with Crippen LogP contribution in [0.15, 0.2) is 85.2 Å². The molecular formula is C26H20N2. The van der Waals surface area contributed by atoms with Crippen molar-refractivity contribution in [2.75, 3.05) is 0 Å². The second-order valence-corrected chi connectivity index (χ2v) is 7.39. The molecule has 5 aromatic rings. The van der Waals surface area contributed by atoms with E-state index in [0.717, 1.165) is 22.5 Å². The third kappa shape index (κ3) is 2.93. The first kappa shape index (κ1) is 16.6. The number of rotatable bonds is 2. The van der Waals surface area contributed by atoms with E-state index in [1.807, 2.05) is 0 Å². The van der Waals surface area contributed by atoms with Crippen molar-refractivity contribution in [3.8, 4) is 22.5 Å². The smallest absolute Gasteiger partial charge is 0.116 e. The van der Waals surface area contributed by atoms with E-state index in [4.69, 9.17) is 0 Å². The zero-order valence-corrected chi connectivity index (χ0v) is 16.0. The fraction of sp³-hybridized carbons (Fsp3) is 0.0769. The molecule has 0 amide bonds. The molecular weight excluding hydrogens is 340 g/mol. The zero-order valence-electron chi connectivity index (χ0n) is 16.0. The summed E-state index contributed by atoms with van der Waals surface area (Å²) in [5.41, 5.74) is 6.62. The Hall–Kier alpha value is -3.52. The van der Waals surface area contributed by atoms with Crippen molar-refractivity contribution in [1.29, 1.82) is 0 Å². The van der Waals surface area contributed by atoms with Crippen LogP contribution >= 0.6 is 0 Å². The molecule has 0 saturated carbocycles. The number of aryl methyl sites for hydroxylation is 2. The van der Waals surface area contributed by atoms with Crippen LogP contribution in [-0.2, 0) is 0 Å². The first-order valence-corrected chi connectivity index (χ1v) is 9.50. The van der Waals surface area contributed by atoms with Gasteiger partial charge in [-0.2, -0.15) is 0 Å². The summed E-state index contributed by atoms with van der Waals surface area (Å²) in [6.07, 6.45) is 1.66. The second kappa shape index (κ2) is 6.58. The summed E-state index contributed by atoms with van der Waals surface area (Å²) >= 11 is 0. The van der Waals surface area contributed by atoms with Gasteiger partial charge in [0.05, 0.1) is 11.4 Å². The molecule has 28 heavy (non-hydrogen) atoms. The van der Waals surface area contributed by atoms with Gasteiger partial charge in [-0.1, -0.05) is 65.7 Å².